The van der Waals surface area contributed by atoms with Gasteiger partial charge in [0.25, 0.3) is 0 Å². The molecule has 0 aromatic carbocycles. The van der Waals surface area contributed by atoms with Crippen molar-refractivity contribution in [1.82, 2.24) is 19.8 Å². The maximum absolute atomic E-state index is 5.29. The number of aromatic nitrogens is 4. The Bertz CT molecular complexity index is 604. The predicted molar refractivity (Wildman–Crippen MR) is 72.1 cm³/mol. The van der Waals surface area contributed by atoms with E-state index < -0.39 is 0 Å². The van der Waals surface area contributed by atoms with E-state index in [-0.39, 0.29) is 0 Å². The third-order valence-electron chi connectivity index (χ3n) is 3.23. The van der Waals surface area contributed by atoms with E-state index in [1.165, 1.54) is 5.57 Å². The molecule has 1 aliphatic rings. The first-order chi connectivity index (χ1) is 9.33. The van der Waals surface area contributed by atoms with E-state index in [0.717, 1.165) is 49.9 Å². The van der Waals surface area contributed by atoms with E-state index >= 15 is 0 Å². The van der Waals surface area contributed by atoms with Gasteiger partial charge in [-0.05, 0) is 31.9 Å². The highest BCUT2D eigenvalue weighted by molar-refractivity contribution is 5.43. The summed E-state index contributed by atoms with van der Waals surface area (Å²) in [6.07, 6.45) is 4.24. The van der Waals surface area contributed by atoms with Gasteiger partial charge in [0.15, 0.2) is 11.5 Å². The van der Waals surface area contributed by atoms with Crippen molar-refractivity contribution in [3.8, 4) is 0 Å². The summed E-state index contributed by atoms with van der Waals surface area (Å²) in [6.45, 7) is 4.37. The number of nitrogens with zero attached hydrogens (tertiary/aromatic N) is 4. The summed E-state index contributed by atoms with van der Waals surface area (Å²) >= 11 is 0. The van der Waals surface area contributed by atoms with Crippen LogP contribution in [0, 0.1) is 6.92 Å². The van der Waals surface area contributed by atoms with Crippen molar-refractivity contribution in [3.63, 3.8) is 0 Å². The van der Waals surface area contributed by atoms with E-state index in [1.54, 1.807) is 4.52 Å². The standard InChI is InChI=1S/C13H17N5O/c1-10-15-16-13-3-2-12(17-18(10)13)14-7-4-11-5-8-19-9-6-11/h2-3,5H,4,6-9H2,1H3,(H,14,17). The molecule has 0 saturated carbocycles. The lowest BCUT2D eigenvalue weighted by Crippen LogP contribution is -2.10. The normalized spacial score (nSPS) is 15.5. The van der Waals surface area contributed by atoms with Crippen molar-refractivity contribution in [2.45, 2.75) is 19.8 Å². The van der Waals surface area contributed by atoms with Crippen molar-refractivity contribution in [1.29, 1.82) is 0 Å². The molecule has 0 saturated heterocycles. The highest BCUT2D eigenvalue weighted by Crippen LogP contribution is 2.12. The van der Waals surface area contributed by atoms with Gasteiger partial charge >= 0.3 is 0 Å². The van der Waals surface area contributed by atoms with Gasteiger partial charge in [-0.25, -0.2) is 0 Å². The zero-order chi connectivity index (χ0) is 13.1. The number of nitrogens with one attached hydrogen (secondary N) is 1. The van der Waals surface area contributed by atoms with Crippen LogP contribution in [0.25, 0.3) is 5.65 Å². The van der Waals surface area contributed by atoms with Crippen molar-refractivity contribution >= 4 is 11.5 Å². The molecule has 3 rings (SSSR count). The number of hydrogen-bond acceptors (Lipinski definition) is 5. The predicted octanol–water partition coefficient (Wildman–Crippen LogP) is 1.58. The Labute approximate surface area is 111 Å². The zero-order valence-electron chi connectivity index (χ0n) is 11.0. The van der Waals surface area contributed by atoms with Gasteiger partial charge in [0.2, 0.25) is 0 Å². The molecule has 0 unspecified atom stereocenters. The highest BCUT2D eigenvalue weighted by Gasteiger charge is 2.05. The van der Waals surface area contributed by atoms with Crippen LogP contribution in [0.5, 0.6) is 0 Å². The Morgan fingerprint density at radius 1 is 1.37 bits per heavy atom. The summed E-state index contributed by atoms with van der Waals surface area (Å²) in [6, 6.07) is 3.85. The Morgan fingerprint density at radius 2 is 2.32 bits per heavy atom. The molecular weight excluding hydrogens is 242 g/mol. The van der Waals surface area contributed by atoms with Gasteiger partial charge < -0.3 is 10.1 Å². The summed E-state index contributed by atoms with van der Waals surface area (Å²) < 4.78 is 7.04. The van der Waals surface area contributed by atoms with E-state index in [1.807, 2.05) is 19.1 Å². The van der Waals surface area contributed by atoms with E-state index in [0.29, 0.717) is 0 Å². The number of hydrogen-bond donors (Lipinski definition) is 1. The van der Waals surface area contributed by atoms with Crippen LogP contribution in [0.3, 0.4) is 0 Å². The van der Waals surface area contributed by atoms with E-state index in [9.17, 15) is 0 Å². The van der Waals surface area contributed by atoms with Gasteiger partial charge in [-0.3, -0.25) is 0 Å². The van der Waals surface area contributed by atoms with Crippen LogP contribution < -0.4 is 5.32 Å². The third-order valence-corrected chi connectivity index (χ3v) is 3.23. The molecule has 6 nitrogen and oxygen atoms in total. The monoisotopic (exact) mass is 259 g/mol. The van der Waals surface area contributed by atoms with E-state index in [2.05, 4.69) is 26.7 Å². The summed E-state index contributed by atoms with van der Waals surface area (Å²) in [5.41, 5.74) is 2.23. The second-order valence-electron chi connectivity index (χ2n) is 4.60. The second-order valence-corrected chi connectivity index (χ2v) is 4.60. The smallest absolute Gasteiger partial charge is 0.178 e. The van der Waals surface area contributed by atoms with Crippen LogP contribution in [0.2, 0.25) is 0 Å². The fourth-order valence-electron chi connectivity index (χ4n) is 2.13. The quantitative estimate of drug-likeness (QED) is 0.845. The first kappa shape index (κ1) is 12.1. The molecule has 0 spiro atoms. The third kappa shape index (κ3) is 2.73. The van der Waals surface area contributed by atoms with Gasteiger partial charge in [-0.15, -0.1) is 15.3 Å². The summed E-state index contributed by atoms with van der Waals surface area (Å²) in [5.74, 6) is 1.65. The van der Waals surface area contributed by atoms with Crippen molar-refractivity contribution < 1.29 is 4.74 Å². The minimum atomic E-state index is 0.749. The number of rotatable bonds is 4. The average Bonchev–Trinajstić information content (AvgIpc) is 2.82. The summed E-state index contributed by atoms with van der Waals surface area (Å²) in [4.78, 5) is 0. The fraction of sp³-hybridized carbons (Fsp3) is 0.462. The lowest BCUT2D eigenvalue weighted by molar-refractivity contribution is 0.153. The molecule has 1 aliphatic heterocycles. The van der Waals surface area contributed by atoms with Crippen LogP contribution in [0.15, 0.2) is 23.8 Å². The molecular formula is C13H17N5O. The van der Waals surface area contributed by atoms with Gasteiger partial charge in [-0.2, -0.15) is 4.52 Å². The molecule has 0 aliphatic carbocycles. The van der Waals surface area contributed by atoms with Gasteiger partial charge in [-0.1, -0.05) is 11.6 Å². The molecule has 0 fully saturated rings. The topological polar surface area (TPSA) is 64.3 Å². The number of ether oxygens (including phenoxy) is 1. The highest BCUT2D eigenvalue weighted by atomic mass is 16.5. The van der Waals surface area contributed by atoms with Crippen LogP contribution in [-0.4, -0.2) is 39.6 Å². The van der Waals surface area contributed by atoms with Gasteiger partial charge in [0.1, 0.15) is 5.82 Å². The van der Waals surface area contributed by atoms with Crippen molar-refractivity contribution in [3.05, 3.63) is 29.6 Å². The molecule has 2 aromatic rings. The maximum Gasteiger partial charge on any atom is 0.178 e. The van der Waals surface area contributed by atoms with Crippen LogP contribution in [0.4, 0.5) is 5.82 Å². The molecule has 0 amide bonds. The maximum atomic E-state index is 5.29. The molecule has 100 valence electrons. The molecule has 0 bridgehead atoms. The van der Waals surface area contributed by atoms with Crippen LogP contribution in [0.1, 0.15) is 18.7 Å². The molecule has 1 N–H and O–H groups in total. The lowest BCUT2D eigenvalue weighted by atomic mass is 10.1. The second kappa shape index (κ2) is 5.36. The van der Waals surface area contributed by atoms with E-state index in [4.69, 9.17) is 4.74 Å². The van der Waals surface area contributed by atoms with Gasteiger partial charge in [0, 0.05) is 6.54 Å². The van der Waals surface area contributed by atoms with Gasteiger partial charge in [0.05, 0.1) is 13.2 Å². The molecule has 2 aromatic heterocycles. The first-order valence-electron chi connectivity index (χ1n) is 6.51. The lowest BCUT2D eigenvalue weighted by Gasteiger charge is -2.13. The Kier molecular flexibility index (Phi) is 3.41. The number of anilines is 1. The molecule has 3 heterocycles. The SMILES string of the molecule is Cc1nnc2ccc(NCCC3=CCOCC3)nn12. The largest absolute Gasteiger partial charge is 0.377 e. The Morgan fingerprint density at radius 3 is 3.16 bits per heavy atom. The van der Waals surface area contributed by atoms with Crippen LogP contribution in [-0.2, 0) is 4.74 Å². The average molecular weight is 259 g/mol. The Balaban J connectivity index is 1.61. The molecule has 6 heteroatoms. The minimum Gasteiger partial charge on any atom is -0.377 e. The molecule has 19 heavy (non-hydrogen) atoms. The van der Waals surface area contributed by atoms with Crippen LogP contribution >= 0.6 is 0 Å². The number of aryl methyl sites for hydroxylation is 1. The zero-order valence-corrected chi connectivity index (χ0v) is 11.0. The summed E-state index contributed by atoms with van der Waals surface area (Å²) in [5, 5.41) is 15.8. The molecule has 0 atom stereocenters. The first-order valence-corrected chi connectivity index (χ1v) is 6.51. The minimum absolute atomic E-state index is 0.749. The van der Waals surface area contributed by atoms with Crippen molar-refractivity contribution in [2.24, 2.45) is 0 Å². The van der Waals surface area contributed by atoms with Crippen molar-refractivity contribution in [2.75, 3.05) is 25.1 Å². The fourth-order valence-corrected chi connectivity index (χ4v) is 2.13. The summed E-state index contributed by atoms with van der Waals surface area (Å²) in [7, 11) is 0. The number of fused-ring (bicyclic) bond motifs is 1. The molecule has 0 radical (unpaired) electrons. The Hall–Kier alpha value is -1.95.